The molecule has 1 heterocycles. The molecule has 1 saturated carbocycles. The standard InChI is InChI=1S/C24H31N3O3/c1-26-21-13-10-18(14-22(21)27(2)24(26)29)23(28)16-30-20-11-8-17(9-12-20)15-25-19-6-4-3-5-7-19/h8-14,19,23,25,28H,3-7,15-16H2,1-2H3/t23-/m0/s1. The Morgan fingerprint density at radius 2 is 1.73 bits per heavy atom. The van der Waals surface area contributed by atoms with Gasteiger partial charge in [-0.25, -0.2) is 4.79 Å². The maximum atomic E-state index is 12.1. The lowest BCUT2D eigenvalue weighted by molar-refractivity contribution is 0.108. The lowest BCUT2D eigenvalue weighted by Crippen LogP contribution is -2.30. The summed E-state index contributed by atoms with van der Waals surface area (Å²) in [4.78, 5) is 12.1. The molecule has 1 fully saturated rings. The van der Waals surface area contributed by atoms with Crippen molar-refractivity contribution in [3.05, 3.63) is 64.1 Å². The van der Waals surface area contributed by atoms with E-state index in [1.807, 2.05) is 30.3 Å². The first-order chi connectivity index (χ1) is 14.5. The van der Waals surface area contributed by atoms with E-state index in [1.165, 1.54) is 37.7 Å². The van der Waals surface area contributed by atoms with Crippen LogP contribution in [0.1, 0.15) is 49.3 Å². The lowest BCUT2D eigenvalue weighted by Gasteiger charge is -2.22. The van der Waals surface area contributed by atoms with Gasteiger partial charge in [-0.1, -0.05) is 37.5 Å². The topological polar surface area (TPSA) is 68.4 Å². The van der Waals surface area contributed by atoms with Gasteiger partial charge in [-0.2, -0.15) is 0 Å². The van der Waals surface area contributed by atoms with E-state index in [9.17, 15) is 9.90 Å². The maximum absolute atomic E-state index is 12.1. The van der Waals surface area contributed by atoms with Gasteiger partial charge in [0, 0.05) is 26.7 Å². The highest BCUT2D eigenvalue weighted by Crippen LogP contribution is 2.22. The fourth-order valence-corrected chi connectivity index (χ4v) is 4.27. The molecular weight excluding hydrogens is 378 g/mol. The van der Waals surface area contributed by atoms with E-state index < -0.39 is 6.10 Å². The molecule has 4 rings (SSSR count). The molecule has 160 valence electrons. The Kier molecular flexibility index (Phi) is 6.25. The van der Waals surface area contributed by atoms with E-state index in [2.05, 4.69) is 17.4 Å². The molecule has 2 aromatic carbocycles. The highest BCUT2D eigenvalue weighted by Gasteiger charge is 2.14. The molecule has 0 spiro atoms. The number of aromatic nitrogens is 2. The number of ether oxygens (including phenoxy) is 1. The number of rotatable bonds is 7. The summed E-state index contributed by atoms with van der Waals surface area (Å²) in [5.41, 5.74) is 3.54. The van der Waals surface area contributed by atoms with E-state index in [-0.39, 0.29) is 12.3 Å². The molecule has 2 N–H and O–H groups in total. The van der Waals surface area contributed by atoms with Gasteiger partial charge in [0.25, 0.3) is 0 Å². The highest BCUT2D eigenvalue weighted by atomic mass is 16.5. The zero-order valence-corrected chi connectivity index (χ0v) is 17.8. The zero-order valence-electron chi connectivity index (χ0n) is 17.8. The molecule has 30 heavy (non-hydrogen) atoms. The summed E-state index contributed by atoms with van der Waals surface area (Å²) in [7, 11) is 3.49. The van der Waals surface area contributed by atoms with Crippen LogP contribution in [0.15, 0.2) is 47.3 Å². The van der Waals surface area contributed by atoms with Gasteiger partial charge in [-0.05, 0) is 48.2 Å². The summed E-state index contributed by atoms with van der Waals surface area (Å²) < 4.78 is 8.99. The van der Waals surface area contributed by atoms with Gasteiger partial charge in [-0.3, -0.25) is 9.13 Å². The molecule has 0 bridgehead atoms. The highest BCUT2D eigenvalue weighted by molar-refractivity contribution is 5.76. The van der Waals surface area contributed by atoms with Crippen molar-refractivity contribution in [2.45, 2.75) is 50.8 Å². The van der Waals surface area contributed by atoms with Gasteiger partial charge in [-0.15, -0.1) is 0 Å². The third-order valence-electron chi connectivity index (χ3n) is 6.21. The molecule has 3 aromatic rings. The fraction of sp³-hybridized carbons (Fsp3) is 0.458. The Morgan fingerprint density at radius 1 is 1.03 bits per heavy atom. The first kappa shape index (κ1) is 20.7. The summed E-state index contributed by atoms with van der Waals surface area (Å²) in [6, 6.07) is 14.3. The van der Waals surface area contributed by atoms with Crippen LogP contribution >= 0.6 is 0 Å². The van der Waals surface area contributed by atoms with Crippen molar-refractivity contribution in [1.29, 1.82) is 0 Å². The number of aryl methyl sites for hydroxylation is 2. The van der Waals surface area contributed by atoms with E-state index in [1.54, 1.807) is 23.2 Å². The van der Waals surface area contributed by atoms with Gasteiger partial charge < -0.3 is 15.2 Å². The summed E-state index contributed by atoms with van der Waals surface area (Å²) in [6.07, 6.45) is 5.83. The molecule has 0 amide bonds. The van der Waals surface area contributed by atoms with E-state index in [4.69, 9.17) is 4.74 Å². The van der Waals surface area contributed by atoms with Crippen LogP contribution in [-0.2, 0) is 20.6 Å². The molecule has 0 saturated heterocycles. The Bertz CT molecular complexity index is 1050. The monoisotopic (exact) mass is 409 g/mol. The summed E-state index contributed by atoms with van der Waals surface area (Å²) >= 11 is 0. The minimum atomic E-state index is -0.766. The van der Waals surface area contributed by atoms with Crippen LogP contribution in [0, 0.1) is 0 Å². The minimum Gasteiger partial charge on any atom is -0.491 e. The average Bonchev–Trinajstić information content (AvgIpc) is 3.01. The molecular formula is C24H31N3O3. The van der Waals surface area contributed by atoms with Crippen molar-refractivity contribution in [3.63, 3.8) is 0 Å². The molecule has 1 aromatic heterocycles. The number of aliphatic hydroxyl groups is 1. The first-order valence-corrected chi connectivity index (χ1v) is 10.8. The predicted molar refractivity (Wildman–Crippen MR) is 119 cm³/mol. The van der Waals surface area contributed by atoms with Gasteiger partial charge in [0.15, 0.2) is 0 Å². The van der Waals surface area contributed by atoms with Gasteiger partial charge in [0.2, 0.25) is 0 Å². The number of hydrogen-bond acceptors (Lipinski definition) is 4. The molecule has 0 aliphatic heterocycles. The van der Waals surface area contributed by atoms with E-state index in [0.29, 0.717) is 6.04 Å². The number of imidazole rings is 1. The van der Waals surface area contributed by atoms with Crippen molar-refractivity contribution >= 4 is 11.0 Å². The van der Waals surface area contributed by atoms with E-state index >= 15 is 0 Å². The second-order valence-corrected chi connectivity index (χ2v) is 8.34. The van der Waals surface area contributed by atoms with Crippen LogP contribution in [0.4, 0.5) is 0 Å². The van der Waals surface area contributed by atoms with Gasteiger partial charge in [0.1, 0.15) is 18.5 Å². The van der Waals surface area contributed by atoms with Crippen LogP contribution in [0.3, 0.4) is 0 Å². The zero-order chi connectivity index (χ0) is 21.1. The second-order valence-electron chi connectivity index (χ2n) is 8.34. The third kappa shape index (κ3) is 4.45. The molecule has 6 heteroatoms. The number of benzene rings is 2. The van der Waals surface area contributed by atoms with Crippen LogP contribution in [0.2, 0.25) is 0 Å². The Hall–Kier alpha value is -2.57. The number of hydrogen-bond donors (Lipinski definition) is 2. The Morgan fingerprint density at radius 3 is 2.47 bits per heavy atom. The fourth-order valence-electron chi connectivity index (χ4n) is 4.27. The third-order valence-corrected chi connectivity index (χ3v) is 6.21. The average molecular weight is 410 g/mol. The van der Waals surface area contributed by atoms with Crippen molar-refractivity contribution in [1.82, 2.24) is 14.5 Å². The summed E-state index contributed by atoms with van der Waals surface area (Å²) in [5.74, 6) is 0.739. The molecule has 0 unspecified atom stereocenters. The molecule has 0 radical (unpaired) electrons. The lowest BCUT2D eigenvalue weighted by atomic mass is 9.95. The van der Waals surface area contributed by atoms with Crippen LogP contribution in [-0.4, -0.2) is 26.9 Å². The molecule has 6 nitrogen and oxygen atoms in total. The SMILES string of the molecule is Cn1c(=O)n(C)c2cc([C@@H](O)COc3ccc(CNC4CCCCC4)cc3)ccc21. The Balaban J connectivity index is 1.33. The molecule has 1 atom stereocenters. The van der Waals surface area contributed by atoms with E-state index in [0.717, 1.165) is 28.9 Å². The van der Waals surface area contributed by atoms with Crippen molar-refractivity contribution < 1.29 is 9.84 Å². The van der Waals surface area contributed by atoms with Gasteiger partial charge in [0.05, 0.1) is 11.0 Å². The van der Waals surface area contributed by atoms with Crippen molar-refractivity contribution in [2.24, 2.45) is 14.1 Å². The smallest absolute Gasteiger partial charge is 0.328 e. The largest absolute Gasteiger partial charge is 0.491 e. The van der Waals surface area contributed by atoms with Crippen LogP contribution in [0.5, 0.6) is 5.75 Å². The predicted octanol–water partition coefficient (Wildman–Crippen LogP) is 3.41. The van der Waals surface area contributed by atoms with Crippen molar-refractivity contribution in [2.75, 3.05) is 6.61 Å². The number of aliphatic hydroxyl groups excluding tert-OH is 1. The number of fused-ring (bicyclic) bond motifs is 1. The van der Waals surface area contributed by atoms with Crippen molar-refractivity contribution in [3.8, 4) is 5.75 Å². The van der Waals surface area contributed by atoms with Crippen LogP contribution < -0.4 is 15.7 Å². The van der Waals surface area contributed by atoms with Gasteiger partial charge >= 0.3 is 5.69 Å². The molecule has 1 aliphatic rings. The Labute approximate surface area is 177 Å². The summed E-state index contributed by atoms with van der Waals surface area (Å²) in [5, 5.41) is 14.2. The maximum Gasteiger partial charge on any atom is 0.328 e. The number of nitrogens with zero attached hydrogens (tertiary/aromatic N) is 2. The minimum absolute atomic E-state index is 0.0778. The second kappa shape index (κ2) is 9.06. The van der Waals surface area contributed by atoms with Crippen LogP contribution in [0.25, 0.3) is 11.0 Å². The molecule has 1 aliphatic carbocycles. The quantitative estimate of drug-likeness (QED) is 0.628. The summed E-state index contributed by atoms with van der Waals surface area (Å²) in [6.45, 7) is 1.04. The normalized spacial score (nSPS) is 16.1. The first-order valence-electron chi connectivity index (χ1n) is 10.8. The number of nitrogens with one attached hydrogen (secondary N) is 1.